The van der Waals surface area contributed by atoms with Crippen molar-refractivity contribution in [1.82, 2.24) is 20.7 Å². The predicted molar refractivity (Wildman–Crippen MR) is 59.5 cm³/mol. The first-order chi connectivity index (χ1) is 8.27. The molecule has 86 valence electrons. The number of Topliss-reactive ketones (excluding diaryl/α,β-unsaturated/α-hetero) is 1. The summed E-state index contributed by atoms with van der Waals surface area (Å²) in [6.45, 7) is -0.0598. The van der Waals surface area contributed by atoms with Crippen LogP contribution in [0.5, 0.6) is 0 Å². The van der Waals surface area contributed by atoms with E-state index in [1.165, 1.54) is 6.20 Å². The molecule has 0 aliphatic carbocycles. The fourth-order valence-corrected chi connectivity index (χ4v) is 1.29. The molecule has 1 amide bonds. The van der Waals surface area contributed by atoms with Crippen LogP contribution >= 0.6 is 0 Å². The average molecular weight is 230 g/mol. The topological polar surface area (TPSA) is 87.7 Å². The molecule has 17 heavy (non-hydrogen) atoms. The van der Waals surface area contributed by atoms with Crippen LogP contribution in [-0.4, -0.2) is 33.6 Å². The second-order valence-corrected chi connectivity index (χ2v) is 3.33. The lowest BCUT2D eigenvalue weighted by Gasteiger charge is -2.02. The third-order valence-electron chi connectivity index (χ3n) is 2.15. The van der Waals surface area contributed by atoms with Gasteiger partial charge < -0.3 is 5.32 Å². The molecule has 1 heterocycles. The number of amides is 1. The summed E-state index contributed by atoms with van der Waals surface area (Å²) >= 11 is 0. The Hall–Kier alpha value is -2.50. The van der Waals surface area contributed by atoms with E-state index in [2.05, 4.69) is 20.7 Å². The summed E-state index contributed by atoms with van der Waals surface area (Å²) < 4.78 is 0. The second kappa shape index (κ2) is 5.02. The Balaban J connectivity index is 1.91. The predicted octanol–water partition coefficient (Wildman–Crippen LogP) is 0.417. The van der Waals surface area contributed by atoms with Crippen molar-refractivity contribution >= 4 is 11.7 Å². The maximum Gasteiger partial charge on any atom is 0.273 e. The Kier molecular flexibility index (Phi) is 3.25. The molecule has 0 fully saturated rings. The summed E-state index contributed by atoms with van der Waals surface area (Å²) in [5.74, 6) is -0.578. The van der Waals surface area contributed by atoms with Crippen molar-refractivity contribution < 1.29 is 9.59 Å². The molecule has 6 heteroatoms. The fourth-order valence-electron chi connectivity index (χ4n) is 1.29. The normalized spacial score (nSPS) is 9.88. The molecule has 2 rings (SSSR count). The molecule has 0 unspecified atom stereocenters. The van der Waals surface area contributed by atoms with Gasteiger partial charge in [-0.1, -0.05) is 30.3 Å². The average Bonchev–Trinajstić information content (AvgIpc) is 2.90. The summed E-state index contributed by atoms with van der Waals surface area (Å²) in [5.41, 5.74) is 0.721. The van der Waals surface area contributed by atoms with E-state index < -0.39 is 5.91 Å². The minimum Gasteiger partial charge on any atom is -0.343 e. The van der Waals surface area contributed by atoms with Gasteiger partial charge in [-0.05, 0) is 0 Å². The van der Waals surface area contributed by atoms with Gasteiger partial charge >= 0.3 is 0 Å². The molecule has 6 nitrogen and oxygen atoms in total. The highest BCUT2D eigenvalue weighted by Crippen LogP contribution is 1.99. The molecule has 2 N–H and O–H groups in total. The third kappa shape index (κ3) is 2.75. The summed E-state index contributed by atoms with van der Waals surface area (Å²) in [7, 11) is 0. The summed E-state index contributed by atoms with van der Waals surface area (Å²) in [6, 6.07) is 8.76. The zero-order valence-electron chi connectivity index (χ0n) is 8.88. The second-order valence-electron chi connectivity index (χ2n) is 3.33. The van der Waals surface area contributed by atoms with E-state index in [-0.39, 0.29) is 18.0 Å². The fraction of sp³-hybridized carbons (Fsp3) is 0.0909. The number of carbonyl (C=O) groups excluding carboxylic acids is 2. The van der Waals surface area contributed by atoms with E-state index in [0.717, 1.165) is 0 Å². The highest BCUT2D eigenvalue weighted by Gasteiger charge is 2.11. The van der Waals surface area contributed by atoms with Gasteiger partial charge in [-0.25, -0.2) is 0 Å². The lowest BCUT2D eigenvalue weighted by Crippen LogP contribution is -2.29. The van der Waals surface area contributed by atoms with Crippen molar-refractivity contribution in [2.24, 2.45) is 0 Å². The van der Waals surface area contributed by atoms with Crippen LogP contribution in [0.4, 0.5) is 0 Å². The van der Waals surface area contributed by atoms with E-state index >= 15 is 0 Å². The number of hydrogen-bond acceptors (Lipinski definition) is 4. The van der Waals surface area contributed by atoms with Crippen molar-refractivity contribution in [2.75, 3.05) is 6.54 Å². The molecule has 2 aromatic rings. The molecular formula is C11H10N4O2. The zero-order valence-corrected chi connectivity index (χ0v) is 8.88. The van der Waals surface area contributed by atoms with Gasteiger partial charge in [0.1, 0.15) is 0 Å². The maximum atomic E-state index is 11.7. The van der Waals surface area contributed by atoms with Crippen LogP contribution < -0.4 is 5.32 Å². The largest absolute Gasteiger partial charge is 0.343 e. The van der Waals surface area contributed by atoms with E-state index in [0.29, 0.717) is 5.56 Å². The van der Waals surface area contributed by atoms with Crippen molar-refractivity contribution in [2.45, 2.75) is 0 Å². The van der Waals surface area contributed by atoms with Gasteiger partial charge in [0.15, 0.2) is 11.5 Å². The Morgan fingerprint density at radius 3 is 2.65 bits per heavy atom. The number of aromatic amines is 1. The Labute approximate surface area is 97.0 Å². The van der Waals surface area contributed by atoms with Gasteiger partial charge in [0.25, 0.3) is 5.91 Å². The van der Waals surface area contributed by atoms with E-state index in [1.807, 2.05) is 6.07 Å². The standard InChI is InChI=1S/C11H10N4O2/c16-10(8-4-2-1-3-5-8)7-12-11(17)9-6-13-15-14-9/h1-6H,7H2,(H,12,17)(H,13,14,15). The first-order valence-corrected chi connectivity index (χ1v) is 4.99. The number of nitrogens with zero attached hydrogens (tertiary/aromatic N) is 2. The van der Waals surface area contributed by atoms with Crippen molar-refractivity contribution in [3.63, 3.8) is 0 Å². The number of carbonyl (C=O) groups is 2. The summed E-state index contributed by atoms with van der Waals surface area (Å²) in [5, 5.41) is 11.9. The molecular weight excluding hydrogens is 220 g/mol. The number of ketones is 1. The molecule has 0 saturated carbocycles. The van der Waals surface area contributed by atoms with Gasteiger partial charge in [0.05, 0.1) is 12.7 Å². The molecule has 0 bridgehead atoms. The molecule has 0 radical (unpaired) electrons. The molecule has 1 aromatic heterocycles. The molecule has 0 saturated heterocycles. The maximum absolute atomic E-state index is 11.7. The number of rotatable bonds is 4. The van der Waals surface area contributed by atoms with Crippen molar-refractivity contribution in [1.29, 1.82) is 0 Å². The smallest absolute Gasteiger partial charge is 0.273 e. The van der Waals surface area contributed by atoms with Crippen LogP contribution in [0.1, 0.15) is 20.8 Å². The SMILES string of the molecule is O=C(CNC(=O)c1cn[nH]n1)c1ccccc1. The minimum atomic E-state index is -0.428. The van der Waals surface area contributed by atoms with E-state index in [4.69, 9.17) is 0 Å². The number of hydrogen-bond donors (Lipinski definition) is 2. The third-order valence-corrected chi connectivity index (χ3v) is 2.15. The zero-order chi connectivity index (χ0) is 12.1. The minimum absolute atomic E-state index is 0.0598. The molecule has 0 atom stereocenters. The highest BCUT2D eigenvalue weighted by atomic mass is 16.2. The number of nitrogens with one attached hydrogen (secondary N) is 2. The van der Waals surface area contributed by atoms with Crippen LogP contribution in [0.25, 0.3) is 0 Å². The lowest BCUT2D eigenvalue weighted by atomic mass is 10.1. The highest BCUT2D eigenvalue weighted by molar-refractivity contribution is 6.01. The summed E-state index contributed by atoms with van der Waals surface area (Å²) in [6.07, 6.45) is 1.29. The van der Waals surface area contributed by atoms with E-state index in [1.54, 1.807) is 24.3 Å². The van der Waals surface area contributed by atoms with Crippen molar-refractivity contribution in [3.8, 4) is 0 Å². The molecule has 1 aromatic carbocycles. The Morgan fingerprint density at radius 2 is 2.00 bits per heavy atom. The van der Waals surface area contributed by atoms with Crippen LogP contribution in [0, 0.1) is 0 Å². The quantitative estimate of drug-likeness (QED) is 0.745. The Bertz CT molecular complexity index is 508. The molecule has 0 spiro atoms. The number of aromatic nitrogens is 3. The van der Waals surface area contributed by atoms with Crippen LogP contribution in [0.2, 0.25) is 0 Å². The van der Waals surface area contributed by atoms with E-state index in [9.17, 15) is 9.59 Å². The molecule has 0 aliphatic heterocycles. The van der Waals surface area contributed by atoms with Gasteiger partial charge in [0, 0.05) is 5.56 Å². The first kappa shape index (κ1) is 11.0. The first-order valence-electron chi connectivity index (χ1n) is 4.99. The van der Waals surface area contributed by atoms with Crippen LogP contribution in [-0.2, 0) is 0 Å². The van der Waals surface area contributed by atoms with Gasteiger partial charge in [0.2, 0.25) is 0 Å². The number of benzene rings is 1. The van der Waals surface area contributed by atoms with Gasteiger partial charge in [-0.2, -0.15) is 15.4 Å². The lowest BCUT2D eigenvalue weighted by molar-refractivity contribution is 0.0901. The Morgan fingerprint density at radius 1 is 1.24 bits per heavy atom. The summed E-state index contributed by atoms with van der Waals surface area (Å²) in [4.78, 5) is 23.1. The van der Waals surface area contributed by atoms with Gasteiger partial charge in [-0.3, -0.25) is 9.59 Å². The monoisotopic (exact) mass is 230 g/mol. The van der Waals surface area contributed by atoms with Crippen LogP contribution in [0.3, 0.4) is 0 Å². The molecule has 0 aliphatic rings. The van der Waals surface area contributed by atoms with Crippen molar-refractivity contribution in [3.05, 3.63) is 47.8 Å². The van der Waals surface area contributed by atoms with Gasteiger partial charge in [-0.15, -0.1) is 0 Å². The number of H-pyrrole nitrogens is 1. The van der Waals surface area contributed by atoms with Crippen LogP contribution in [0.15, 0.2) is 36.5 Å².